The van der Waals surface area contributed by atoms with Gasteiger partial charge in [-0.2, -0.15) is 0 Å². The summed E-state index contributed by atoms with van der Waals surface area (Å²) in [5, 5.41) is 19.2. The van der Waals surface area contributed by atoms with Crippen LogP contribution in [-0.2, 0) is 4.74 Å². The maximum absolute atomic E-state index is 12.7. The molecule has 12 nitrogen and oxygen atoms in total. The molecule has 1 atom stereocenters. The Bertz CT molecular complexity index is 1260. The molecule has 1 aliphatic heterocycles. The minimum atomic E-state index is -0.557. The van der Waals surface area contributed by atoms with Gasteiger partial charge in [0.2, 0.25) is 0 Å². The Balaban J connectivity index is 1.42. The highest BCUT2D eigenvalue weighted by atomic mass is 32.1. The Morgan fingerprint density at radius 3 is 2.55 bits per heavy atom. The van der Waals surface area contributed by atoms with Crippen molar-refractivity contribution in [2.45, 2.75) is 18.9 Å². The van der Waals surface area contributed by atoms with E-state index in [0.29, 0.717) is 36.6 Å². The quantitative estimate of drug-likeness (QED) is 0.171. The number of amides is 3. The lowest BCUT2D eigenvalue weighted by Gasteiger charge is -2.27. The van der Waals surface area contributed by atoms with Crippen molar-refractivity contribution in [1.29, 1.82) is 0 Å². The zero-order valence-electron chi connectivity index (χ0n) is 20.6. The molecule has 3 amide bonds. The summed E-state index contributed by atoms with van der Waals surface area (Å²) < 4.78 is 5.40. The first-order valence-corrected chi connectivity index (χ1v) is 12.9. The van der Waals surface area contributed by atoms with Crippen molar-refractivity contribution in [1.82, 2.24) is 15.2 Å². The van der Waals surface area contributed by atoms with Crippen LogP contribution in [0.2, 0.25) is 0 Å². The number of nitrogens with one attached hydrogen (secondary N) is 3. The van der Waals surface area contributed by atoms with Crippen molar-refractivity contribution in [3.05, 3.63) is 76.0 Å². The lowest BCUT2D eigenvalue weighted by molar-refractivity contribution is -0.380. The molecule has 1 saturated heterocycles. The second-order valence-electron chi connectivity index (χ2n) is 8.67. The van der Waals surface area contributed by atoms with Crippen molar-refractivity contribution in [2.24, 2.45) is 0 Å². The van der Waals surface area contributed by atoms with Gasteiger partial charge in [0.25, 0.3) is 5.91 Å². The summed E-state index contributed by atoms with van der Waals surface area (Å²) in [6.45, 7) is 4.03. The van der Waals surface area contributed by atoms with E-state index in [4.69, 9.17) is 10.5 Å². The number of para-hydroxylation sites is 2. The summed E-state index contributed by atoms with van der Waals surface area (Å²) in [5.74, 6) is -0.297. The van der Waals surface area contributed by atoms with Crippen molar-refractivity contribution < 1.29 is 19.2 Å². The molecule has 13 heteroatoms. The van der Waals surface area contributed by atoms with Crippen LogP contribution < -0.4 is 21.7 Å². The third kappa shape index (κ3) is 7.47. The molecule has 2 aromatic carbocycles. The van der Waals surface area contributed by atoms with Gasteiger partial charge >= 0.3 is 11.0 Å². The lowest BCUT2D eigenvalue weighted by atomic mass is 10.00. The van der Waals surface area contributed by atoms with Crippen molar-refractivity contribution in [2.75, 3.05) is 49.2 Å². The molecule has 0 radical (unpaired) electrons. The third-order valence-electron chi connectivity index (χ3n) is 6.05. The number of ether oxygens (including phenoxy) is 1. The van der Waals surface area contributed by atoms with E-state index in [1.807, 2.05) is 0 Å². The number of nitro groups is 1. The number of nitrogens with two attached hydrogens (primary N) is 1. The number of thiazole rings is 1. The Morgan fingerprint density at radius 1 is 1.13 bits per heavy atom. The number of anilines is 3. The van der Waals surface area contributed by atoms with Gasteiger partial charge in [-0.3, -0.25) is 25.1 Å². The molecule has 1 unspecified atom stereocenters. The summed E-state index contributed by atoms with van der Waals surface area (Å²) in [6.07, 6.45) is 2.57. The summed E-state index contributed by atoms with van der Waals surface area (Å²) in [4.78, 5) is 42.0. The van der Waals surface area contributed by atoms with E-state index in [1.54, 1.807) is 48.5 Å². The minimum absolute atomic E-state index is 0.133. The number of carbonyl (C=O) groups excluding carboxylic acids is 2. The Hall–Kier alpha value is -4.07. The number of benzene rings is 2. The normalized spacial score (nSPS) is 14.4. The number of morpholine rings is 1. The molecule has 1 fully saturated rings. The molecule has 0 bridgehead atoms. The number of rotatable bonds is 10. The molecule has 5 N–H and O–H groups in total. The largest absolute Gasteiger partial charge is 0.397 e. The van der Waals surface area contributed by atoms with Gasteiger partial charge in [0.15, 0.2) is 5.13 Å². The van der Waals surface area contributed by atoms with Crippen LogP contribution in [0.15, 0.2) is 54.7 Å². The number of hydrogen-bond acceptors (Lipinski definition) is 9. The van der Waals surface area contributed by atoms with E-state index < -0.39 is 11.0 Å². The topological polar surface area (TPSA) is 165 Å². The van der Waals surface area contributed by atoms with Crippen molar-refractivity contribution >= 4 is 44.8 Å². The molecular weight excluding hydrogens is 510 g/mol. The third-order valence-corrected chi connectivity index (χ3v) is 6.92. The molecular formula is C25H29N7O5S. The highest BCUT2D eigenvalue weighted by molar-refractivity contribution is 7.18. The maximum atomic E-state index is 12.7. The second-order valence-corrected chi connectivity index (χ2v) is 9.68. The van der Waals surface area contributed by atoms with E-state index in [9.17, 15) is 19.7 Å². The number of carbonyl (C=O) groups is 2. The van der Waals surface area contributed by atoms with E-state index >= 15 is 0 Å². The van der Waals surface area contributed by atoms with E-state index in [-0.39, 0.29) is 22.1 Å². The predicted octanol–water partition coefficient (Wildman–Crippen LogP) is 3.86. The summed E-state index contributed by atoms with van der Waals surface area (Å²) in [6, 6.07) is 13.1. The first kappa shape index (κ1) is 27.0. The van der Waals surface area contributed by atoms with Crippen LogP contribution in [0.5, 0.6) is 0 Å². The molecule has 3 aromatic rings. The average molecular weight is 540 g/mol. The summed E-state index contributed by atoms with van der Waals surface area (Å²) in [5.41, 5.74) is 8.19. The molecule has 0 aliphatic carbocycles. The van der Waals surface area contributed by atoms with Crippen LogP contribution in [0.25, 0.3) is 0 Å². The molecule has 38 heavy (non-hydrogen) atoms. The zero-order valence-corrected chi connectivity index (χ0v) is 21.4. The Kier molecular flexibility index (Phi) is 9.19. The van der Waals surface area contributed by atoms with Gasteiger partial charge in [-0.05, 0) is 60.6 Å². The van der Waals surface area contributed by atoms with Gasteiger partial charge in [0.1, 0.15) is 6.20 Å². The lowest BCUT2D eigenvalue weighted by Crippen LogP contribution is -2.37. The fourth-order valence-electron chi connectivity index (χ4n) is 4.04. The second kappa shape index (κ2) is 12.9. The number of nitrogens with zero attached hydrogens (tertiary/aromatic N) is 3. The Morgan fingerprint density at radius 2 is 1.87 bits per heavy atom. The maximum Gasteiger partial charge on any atom is 0.345 e. The van der Waals surface area contributed by atoms with Gasteiger partial charge < -0.3 is 21.1 Å². The molecule has 4 rings (SSSR count). The van der Waals surface area contributed by atoms with Crippen LogP contribution in [0.4, 0.5) is 26.3 Å². The van der Waals surface area contributed by atoms with Gasteiger partial charge in [-0.15, -0.1) is 0 Å². The fourth-order valence-corrected chi connectivity index (χ4v) is 4.66. The molecule has 1 aliphatic rings. The fraction of sp³-hybridized carbons (Fsp3) is 0.320. The summed E-state index contributed by atoms with van der Waals surface area (Å²) >= 11 is 0.782. The highest BCUT2D eigenvalue weighted by Gasteiger charge is 2.19. The van der Waals surface area contributed by atoms with Gasteiger partial charge in [-0.25, -0.2) is 9.78 Å². The standard InChI is InChI=1S/C25H29N7O5S/c26-19-4-1-2-5-21(19)28-23(33)18-9-7-17(8-10-18)20(6-3-11-31-12-14-37-15-13-31)29-24(34)30-25-27-16-22(38-25)32(35)36/h1-2,4-5,7-10,16,20H,3,6,11-15,26H2,(H,28,33)(H2,27,29,30,34). The van der Waals surface area contributed by atoms with Crippen molar-refractivity contribution in [3.63, 3.8) is 0 Å². The molecule has 0 spiro atoms. The number of aromatic nitrogens is 1. The van der Waals surface area contributed by atoms with E-state index in [2.05, 4.69) is 25.8 Å². The molecule has 0 saturated carbocycles. The first-order valence-electron chi connectivity index (χ1n) is 12.1. The zero-order chi connectivity index (χ0) is 26.9. The van der Waals surface area contributed by atoms with E-state index in [0.717, 1.165) is 49.2 Å². The van der Waals surface area contributed by atoms with E-state index in [1.165, 1.54) is 0 Å². The number of urea groups is 1. The highest BCUT2D eigenvalue weighted by Crippen LogP contribution is 2.26. The van der Waals surface area contributed by atoms with Crippen LogP contribution in [0, 0.1) is 10.1 Å². The van der Waals surface area contributed by atoms with Crippen LogP contribution in [-0.4, -0.2) is 59.6 Å². The summed E-state index contributed by atoms with van der Waals surface area (Å²) in [7, 11) is 0. The van der Waals surface area contributed by atoms with Gasteiger partial charge in [-0.1, -0.05) is 24.3 Å². The average Bonchev–Trinajstić information content (AvgIpc) is 3.39. The van der Waals surface area contributed by atoms with Gasteiger partial charge in [0, 0.05) is 18.7 Å². The monoisotopic (exact) mass is 539 g/mol. The smallest absolute Gasteiger partial charge is 0.345 e. The van der Waals surface area contributed by atoms with Gasteiger partial charge in [0.05, 0.1) is 35.6 Å². The van der Waals surface area contributed by atoms with Crippen LogP contribution in [0.3, 0.4) is 0 Å². The molecule has 2 heterocycles. The van der Waals surface area contributed by atoms with Crippen molar-refractivity contribution in [3.8, 4) is 0 Å². The number of nitrogen functional groups attached to an aromatic ring is 1. The molecule has 200 valence electrons. The van der Waals surface area contributed by atoms with Crippen LogP contribution in [0.1, 0.15) is 34.8 Å². The van der Waals surface area contributed by atoms with Crippen LogP contribution >= 0.6 is 11.3 Å². The number of hydrogen-bond donors (Lipinski definition) is 4. The SMILES string of the molecule is Nc1ccccc1NC(=O)c1ccc(C(CCCN2CCOCC2)NC(=O)Nc2ncc([N+](=O)[O-])s2)cc1. The first-order chi connectivity index (χ1) is 18.4. The minimum Gasteiger partial charge on any atom is -0.397 e. The Labute approximate surface area is 223 Å². The molecule has 1 aromatic heterocycles. The predicted molar refractivity (Wildman–Crippen MR) is 145 cm³/mol.